The molecule has 0 spiro atoms. The second-order valence-corrected chi connectivity index (χ2v) is 6.55. The van der Waals surface area contributed by atoms with Gasteiger partial charge in [0.2, 0.25) is 0 Å². The maximum absolute atomic E-state index is 12.5. The highest BCUT2D eigenvalue weighted by Gasteiger charge is 2.32. The lowest BCUT2D eigenvalue weighted by Crippen LogP contribution is -2.29. The summed E-state index contributed by atoms with van der Waals surface area (Å²) in [6.45, 7) is 4.18. The minimum Gasteiger partial charge on any atom is -0.283 e. The summed E-state index contributed by atoms with van der Waals surface area (Å²) < 4.78 is 0. The molecule has 110 valence electrons. The molecule has 0 N–H and O–H groups in total. The molecule has 0 radical (unpaired) electrons. The smallest absolute Gasteiger partial charge is 0.267 e. The van der Waals surface area contributed by atoms with Crippen molar-refractivity contribution in [2.75, 3.05) is 6.54 Å². The SMILES string of the molecule is C=CCN1C(=O)/C(=C/c2cccs2)SC1=Nc1ccccc1. The van der Waals surface area contributed by atoms with Gasteiger partial charge in [0.05, 0.1) is 10.6 Å². The van der Waals surface area contributed by atoms with Crippen LogP contribution in [0, 0.1) is 0 Å². The second kappa shape index (κ2) is 6.77. The highest BCUT2D eigenvalue weighted by Crippen LogP contribution is 2.34. The van der Waals surface area contributed by atoms with E-state index in [0.717, 1.165) is 10.6 Å². The van der Waals surface area contributed by atoms with Gasteiger partial charge in [0.1, 0.15) is 0 Å². The highest BCUT2D eigenvalue weighted by atomic mass is 32.2. The van der Waals surface area contributed by atoms with Crippen molar-refractivity contribution in [1.82, 2.24) is 4.90 Å². The largest absolute Gasteiger partial charge is 0.283 e. The number of carbonyl (C=O) groups excluding carboxylic acids is 1. The van der Waals surface area contributed by atoms with Crippen LogP contribution < -0.4 is 0 Å². The average molecular weight is 326 g/mol. The van der Waals surface area contributed by atoms with Crippen molar-refractivity contribution in [3.8, 4) is 0 Å². The summed E-state index contributed by atoms with van der Waals surface area (Å²) >= 11 is 3.02. The molecule has 2 aromatic rings. The summed E-state index contributed by atoms with van der Waals surface area (Å²) in [6.07, 6.45) is 3.63. The van der Waals surface area contributed by atoms with Gasteiger partial charge < -0.3 is 0 Å². The van der Waals surface area contributed by atoms with E-state index in [0.29, 0.717) is 16.6 Å². The second-order valence-electron chi connectivity index (χ2n) is 4.56. The lowest BCUT2D eigenvalue weighted by atomic mass is 10.3. The van der Waals surface area contributed by atoms with E-state index in [1.807, 2.05) is 53.9 Å². The molecule has 1 aromatic carbocycles. The molecule has 1 aliphatic heterocycles. The van der Waals surface area contributed by atoms with Gasteiger partial charge in [-0.05, 0) is 41.4 Å². The first-order valence-corrected chi connectivity index (χ1v) is 8.47. The number of thioether (sulfide) groups is 1. The Balaban J connectivity index is 1.94. The van der Waals surface area contributed by atoms with E-state index < -0.39 is 0 Å². The third-order valence-electron chi connectivity index (χ3n) is 3.00. The molecule has 22 heavy (non-hydrogen) atoms. The number of carbonyl (C=O) groups is 1. The normalized spacial score (nSPS) is 18.4. The number of benzene rings is 1. The Morgan fingerprint density at radius 1 is 1.18 bits per heavy atom. The van der Waals surface area contributed by atoms with Crippen LogP contribution in [0.2, 0.25) is 0 Å². The molecule has 0 bridgehead atoms. The fourth-order valence-corrected chi connectivity index (χ4v) is 3.73. The molecular formula is C17H14N2OS2. The van der Waals surface area contributed by atoms with Crippen LogP contribution in [0.15, 0.2) is 70.4 Å². The van der Waals surface area contributed by atoms with Crippen LogP contribution in [0.5, 0.6) is 0 Å². The summed E-state index contributed by atoms with van der Waals surface area (Å²) in [5.74, 6) is -0.0204. The van der Waals surface area contributed by atoms with Gasteiger partial charge in [0.15, 0.2) is 5.17 Å². The maximum Gasteiger partial charge on any atom is 0.267 e. The molecule has 1 aliphatic rings. The Labute approximate surface area is 137 Å². The molecule has 0 atom stereocenters. The predicted molar refractivity (Wildman–Crippen MR) is 95.3 cm³/mol. The van der Waals surface area contributed by atoms with Crippen LogP contribution in [0.1, 0.15) is 4.88 Å². The van der Waals surface area contributed by atoms with E-state index in [1.54, 1.807) is 22.3 Å². The number of aliphatic imine (C=N–C) groups is 1. The molecule has 0 unspecified atom stereocenters. The number of amides is 1. The minimum atomic E-state index is -0.0204. The molecule has 3 nitrogen and oxygen atoms in total. The molecule has 3 rings (SSSR count). The number of amidine groups is 1. The number of hydrogen-bond donors (Lipinski definition) is 0. The molecule has 1 aromatic heterocycles. The van der Waals surface area contributed by atoms with Gasteiger partial charge >= 0.3 is 0 Å². The lowest BCUT2D eigenvalue weighted by Gasteiger charge is -2.12. The topological polar surface area (TPSA) is 32.7 Å². The van der Waals surface area contributed by atoms with Crippen LogP contribution in [0.3, 0.4) is 0 Å². The van der Waals surface area contributed by atoms with Crippen molar-refractivity contribution < 1.29 is 4.79 Å². The first kappa shape index (κ1) is 14.8. The number of para-hydroxylation sites is 1. The van der Waals surface area contributed by atoms with E-state index in [-0.39, 0.29) is 5.91 Å². The van der Waals surface area contributed by atoms with Crippen LogP contribution in [-0.4, -0.2) is 22.5 Å². The zero-order valence-corrected chi connectivity index (χ0v) is 13.4. The zero-order valence-electron chi connectivity index (χ0n) is 11.8. The van der Waals surface area contributed by atoms with Gasteiger partial charge in [0, 0.05) is 11.4 Å². The summed E-state index contributed by atoms with van der Waals surface area (Å²) in [6, 6.07) is 13.6. The maximum atomic E-state index is 12.5. The van der Waals surface area contributed by atoms with Crippen molar-refractivity contribution in [1.29, 1.82) is 0 Å². The van der Waals surface area contributed by atoms with E-state index in [9.17, 15) is 4.79 Å². The van der Waals surface area contributed by atoms with Gasteiger partial charge in [0.25, 0.3) is 5.91 Å². The molecule has 0 saturated carbocycles. The van der Waals surface area contributed by atoms with Crippen molar-refractivity contribution in [2.45, 2.75) is 0 Å². The summed E-state index contributed by atoms with van der Waals surface area (Å²) in [7, 11) is 0. The lowest BCUT2D eigenvalue weighted by molar-refractivity contribution is -0.121. The number of hydrogen-bond acceptors (Lipinski definition) is 4. The molecule has 1 saturated heterocycles. The van der Waals surface area contributed by atoms with Gasteiger partial charge in [-0.15, -0.1) is 17.9 Å². The highest BCUT2D eigenvalue weighted by molar-refractivity contribution is 8.18. The molecular weight excluding hydrogens is 312 g/mol. The van der Waals surface area contributed by atoms with Gasteiger partial charge in [-0.3, -0.25) is 9.69 Å². The summed E-state index contributed by atoms with van der Waals surface area (Å²) in [5, 5.41) is 2.69. The van der Waals surface area contributed by atoms with Gasteiger partial charge in [-0.2, -0.15) is 0 Å². The van der Waals surface area contributed by atoms with Crippen molar-refractivity contribution >= 4 is 45.9 Å². The van der Waals surface area contributed by atoms with Crippen molar-refractivity contribution in [3.63, 3.8) is 0 Å². The monoisotopic (exact) mass is 326 g/mol. The standard InChI is InChI=1S/C17H14N2OS2/c1-2-10-19-16(20)15(12-14-9-6-11-21-14)22-17(19)18-13-7-4-3-5-8-13/h2-9,11-12H,1,10H2/b15-12-,18-17?. The zero-order chi connectivity index (χ0) is 15.4. The number of thiophene rings is 1. The van der Waals surface area contributed by atoms with Crippen LogP contribution in [0.25, 0.3) is 6.08 Å². The fourth-order valence-electron chi connectivity index (χ4n) is 2.00. The number of rotatable bonds is 4. The van der Waals surface area contributed by atoms with Gasteiger partial charge in [-0.1, -0.05) is 30.3 Å². The Hall–Kier alpha value is -2.11. The third-order valence-corrected chi connectivity index (χ3v) is 4.82. The van der Waals surface area contributed by atoms with E-state index in [2.05, 4.69) is 11.6 Å². The first-order chi connectivity index (χ1) is 10.8. The molecule has 0 aliphatic carbocycles. The summed E-state index contributed by atoms with van der Waals surface area (Å²) in [5.41, 5.74) is 0.837. The Bertz CT molecular complexity index is 733. The van der Waals surface area contributed by atoms with Crippen LogP contribution in [-0.2, 0) is 4.79 Å². The minimum absolute atomic E-state index is 0.0204. The quantitative estimate of drug-likeness (QED) is 0.610. The average Bonchev–Trinajstić information content (AvgIpc) is 3.13. The summed E-state index contributed by atoms with van der Waals surface area (Å²) in [4.78, 5) is 20.5. The van der Waals surface area contributed by atoms with E-state index in [4.69, 9.17) is 0 Å². The fraction of sp³-hybridized carbons (Fsp3) is 0.0588. The van der Waals surface area contributed by atoms with E-state index in [1.165, 1.54) is 11.8 Å². The molecule has 5 heteroatoms. The van der Waals surface area contributed by atoms with Crippen LogP contribution >= 0.6 is 23.1 Å². The Kier molecular flexibility index (Phi) is 4.56. The number of nitrogens with zero attached hydrogens (tertiary/aromatic N) is 2. The molecule has 1 amide bonds. The van der Waals surface area contributed by atoms with Crippen LogP contribution in [0.4, 0.5) is 5.69 Å². The molecule has 1 fully saturated rings. The molecule has 2 heterocycles. The predicted octanol–water partition coefficient (Wildman–Crippen LogP) is 4.54. The van der Waals surface area contributed by atoms with Gasteiger partial charge in [-0.25, -0.2) is 4.99 Å². The first-order valence-electron chi connectivity index (χ1n) is 6.77. The third kappa shape index (κ3) is 3.21. The van der Waals surface area contributed by atoms with Crippen molar-refractivity contribution in [3.05, 3.63) is 70.3 Å². The van der Waals surface area contributed by atoms with E-state index >= 15 is 0 Å². The Morgan fingerprint density at radius 3 is 2.68 bits per heavy atom. The van der Waals surface area contributed by atoms with Crippen molar-refractivity contribution in [2.24, 2.45) is 4.99 Å². The Morgan fingerprint density at radius 2 is 2.00 bits per heavy atom.